The summed E-state index contributed by atoms with van der Waals surface area (Å²) in [7, 11) is 2.02. The van der Waals surface area contributed by atoms with Crippen molar-refractivity contribution in [3.05, 3.63) is 24.0 Å². The Morgan fingerprint density at radius 1 is 1.11 bits per heavy atom. The average molecular weight is 250 g/mol. The number of nitrogens with zero attached hydrogens (tertiary/aromatic N) is 1. The number of aryl methyl sites for hydroxylation is 1. The second-order valence-electron chi connectivity index (χ2n) is 5.26. The van der Waals surface area contributed by atoms with Gasteiger partial charge in [0.1, 0.15) is 0 Å². The first kappa shape index (κ1) is 15.3. The first-order valence-electron chi connectivity index (χ1n) is 7.62. The van der Waals surface area contributed by atoms with Crippen molar-refractivity contribution in [2.75, 3.05) is 7.05 Å². The van der Waals surface area contributed by atoms with E-state index in [4.69, 9.17) is 0 Å². The highest BCUT2D eigenvalue weighted by molar-refractivity contribution is 5.11. The standard InChI is InChI=1S/C16H30N2/c1-4-5-6-7-8-9-10-13-18-14-11-12-16(18)15(2)17-3/h11-12,14-15,17H,4-10,13H2,1-3H3. The second kappa shape index (κ2) is 9.21. The summed E-state index contributed by atoms with van der Waals surface area (Å²) in [5.41, 5.74) is 1.41. The Labute approximate surface area is 113 Å². The van der Waals surface area contributed by atoms with E-state index in [1.165, 1.54) is 57.2 Å². The lowest BCUT2D eigenvalue weighted by molar-refractivity contribution is 0.519. The van der Waals surface area contributed by atoms with E-state index in [-0.39, 0.29) is 0 Å². The highest BCUT2D eigenvalue weighted by atomic mass is 15.0. The van der Waals surface area contributed by atoms with E-state index in [0.717, 1.165) is 0 Å². The van der Waals surface area contributed by atoms with Crippen molar-refractivity contribution in [3.63, 3.8) is 0 Å². The van der Waals surface area contributed by atoms with E-state index in [0.29, 0.717) is 6.04 Å². The van der Waals surface area contributed by atoms with Crippen molar-refractivity contribution in [1.82, 2.24) is 9.88 Å². The number of unbranched alkanes of at least 4 members (excludes halogenated alkanes) is 6. The van der Waals surface area contributed by atoms with Gasteiger partial charge in [0.15, 0.2) is 0 Å². The topological polar surface area (TPSA) is 17.0 Å². The highest BCUT2D eigenvalue weighted by Crippen LogP contribution is 2.14. The minimum atomic E-state index is 0.449. The first-order chi connectivity index (χ1) is 8.79. The number of aromatic nitrogens is 1. The summed E-state index contributed by atoms with van der Waals surface area (Å²) in [6, 6.07) is 4.83. The van der Waals surface area contributed by atoms with Crippen LogP contribution in [-0.4, -0.2) is 11.6 Å². The van der Waals surface area contributed by atoms with Crippen molar-refractivity contribution >= 4 is 0 Å². The maximum atomic E-state index is 3.31. The van der Waals surface area contributed by atoms with Gasteiger partial charge < -0.3 is 9.88 Å². The van der Waals surface area contributed by atoms with Crippen LogP contribution in [-0.2, 0) is 6.54 Å². The normalized spacial score (nSPS) is 12.8. The Morgan fingerprint density at radius 3 is 2.44 bits per heavy atom. The molecule has 1 atom stereocenters. The van der Waals surface area contributed by atoms with Crippen molar-refractivity contribution in [3.8, 4) is 0 Å². The Bertz CT molecular complexity index is 304. The second-order valence-corrected chi connectivity index (χ2v) is 5.26. The molecule has 1 unspecified atom stereocenters. The van der Waals surface area contributed by atoms with Crippen molar-refractivity contribution < 1.29 is 0 Å². The molecule has 0 saturated heterocycles. The Morgan fingerprint density at radius 2 is 1.78 bits per heavy atom. The van der Waals surface area contributed by atoms with E-state index in [1.54, 1.807) is 0 Å². The van der Waals surface area contributed by atoms with Gasteiger partial charge in [-0.05, 0) is 32.5 Å². The number of hydrogen-bond acceptors (Lipinski definition) is 1. The van der Waals surface area contributed by atoms with Gasteiger partial charge in [0, 0.05) is 24.5 Å². The van der Waals surface area contributed by atoms with E-state index in [1.807, 2.05) is 7.05 Å². The number of nitrogens with one attached hydrogen (secondary N) is 1. The third-order valence-electron chi connectivity index (χ3n) is 3.74. The van der Waals surface area contributed by atoms with E-state index in [9.17, 15) is 0 Å². The minimum absolute atomic E-state index is 0.449. The molecule has 1 heterocycles. The van der Waals surface area contributed by atoms with Crippen molar-refractivity contribution in [2.45, 2.75) is 71.4 Å². The molecule has 0 aliphatic carbocycles. The Kier molecular flexibility index (Phi) is 7.83. The van der Waals surface area contributed by atoms with Gasteiger partial charge in [-0.15, -0.1) is 0 Å². The average Bonchev–Trinajstić information content (AvgIpc) is 2.85. The first-order valence-corrected chi connectivity index (χ1v) is 7.62. The lowest BCUT2D eigenvalue weighted by Crippen LogP contribution is -2.16. The maximum absolute atomic E-state index is 3.31. The van der Waals surface area contributed by atoms with Gasteiger partial charge in [-0.3, -0.25) is 0 Å². The van der Waals surface area contributed by atoms with E-state index >= 15 is 0 Å². The highest BCUT2D eigenvalue weighted by Gasteiger charge is 2.06. The smallest absolute Gasteiger partial charge is 0.0443 e. The van der Waals surface area contributed by atoms with Crippen LogP contribution in [0.3, 0.4) is 0 Å². The van der Waals surface area contributed by atoms with Crippen molar-refractivity contribution in [2.24, 2.45) is 0 Å². The molecule has 18 heavy (non-hydrogen) atoms. The molecule has 1 rings (SSSR count). The molecule has 0 aliphatic rings. The molecule has 1 aromatic rings. The van der Waals surface area contributed by atoms with Crippen molar-refractivity contribution in [1.29, 1.82) is 0 Å². The van der Waals surface area contributed by atoms with E-state index < -0.39 is 0 Å². The van der Waals surface area contributed by atoms with E-state index in [2.05, 4.69) is 42.1 Å². The fourth-order valence-electron chi connectivity index (χ4n) is 2.41. The third kappa shape index (κ3) is 5.26. The minimum Gasteiger partial charge on any atom is -0.350 e. The fourth-order valence-corrected chi connectivity index (χ4v) is 2.41. The van der Waals surface area contributed by atoms with Crippen LogP contribution in [0.4, 0.5) is 0 Å². The summed E-state index contributed by atoms with van der Waals surface area (Å²) >= 11 is 0. The summed E-state index contributed by atoms with van der Waals surface area (Å²) in [5, 5.41) is 3.31. The zero-order valence-electron chi connectivity index (χ0n) is 12.4. The molecule has 2 nitrogen and oxygen atoms in total. The van der Waals surface area contributed by atoms with Crippen LogP contribution in [0.2, 0.25) is 0 Å². The summed E-state index contributed by atoms with van der Waals surface area (Å²) < 4.78 is 2.40. The Balaban J connectivity index is 2.17. The van der Waals surface area contributed by atoms with Gasteiger partial charge in [0.25, 0.3) is 0 Å². The summed E-state index contributed by atoms with van der Waals surface area (Å²) in [4.78, 5) is 0. The molecule has 0 radical (unpaired) electrons. The van der Waals surface area contributed by atoms with Crippen LogP contribution in [0.15, 0.2) is 18.3 Å². The molecular weight excluding hydrogens is 220 g/mol. The summed E-state index contributed by atoms with van der Waals surface area (Å²) in [6.07, 6.45) is 11.9. The third-order valence-corrected chi connectivity index (χ3v) is 3.74. The van der Waals surface area contributed by atoms with Crippen LogP contribution in [0.5, 0.6) is 0 Å². The quantitative estimate of drug-likeness (QED) is 0.604. The van der Waals surface area contributed by atoms with Gasteiger partial charge in [0.05, 0.1) is 0 Å². The van der Waals surface area contributed by atoms with Gasteiger partial charge >= 0.3 is 0 Å². The molecule has 0 aliphatic heterocycles. The summed E-state index contributed by atoms with van der Waals surface area (Å²) in [6.45, 7) is 5.66. The van der Waals surface area contributed by atoms with Gasteiger partial charge in [-0.1, -0.05) is 45.4 Å². The van der Waals surface area contributed by atoms with Crippen LogP contribution in [0.1, 0.15) is 70.5 Å². The molecule has 2 heteroatoms. The lowest BCUT2D eigenvalue weighted by atomic mass is 10.1. The lowest BCUT2D eigenvalue weighted by Gasteiger charge is -2.14. The van der Waals surface area contributed by atoms with Gasteiger partial charge in [0.2, 0.25) is 0 Å². The zero-order chi connectivity index (χ0) is 13.2. The monoisotopic (exact) mass is 250 g/mol. The summed E-state index contributed by atoms with van der Waals surface area (Å²) in [5.74, 6) is 0. The van der Waals surface area contributed by atoms with Crippen LogP contribution < -0.4 is 5.32 Å². The van der Waals surface area contributed by atoms with Gasteiger partial charge in [-0.25, -0.2) is 0 Å². The molecule has 1 N–H and O–H groups in total. The van der Waals surface area contributed by atoms with Crippen LogP contribution in [0, 0.1) is 0 Å². The molecule has 1 aromatic heterocycles. The Hall–Kier alpha value is -0.760. The molecule has 0 fully saturated rings. The van der Waals surface area contributed by atoms with Crippen LogP contribution >= 0.6 is 0 Å². The molecule has 0 aromatic carbocycles. The maximum Gasteiger partial charge on any atom is 0.0443 e. The molecule has 0 saturated carbocycles. The fraction of sp³-hybridized carbons (Fsp3) is 0.750. The predicted octanol–water partition coefficient (Wildman–Crippen LogP) is 4.52. The molecule has 0 bridgehead atoms. The number of hydrogen-bond donors (Lipinski definition) is 1. The molecule has 0 spiro atoms. The van der Waals surface area contributed by atoms with Crippen LogP contribution in [0.25, 0.3) is 0 Å². The largest absolute Gasteiger partial charge is 0.350 e. The molecule has 104 valence electrons. The van der Waals surface area contributed by atoms with Gasteiger partial charge in [-0.2, -0.15) is 0 Å². The SMILES string of the molecule is CCCCCCCCCn1cccc1C(C)NC. The molecule has 0 amide bonds. The zero-order valence-corrected chi connectivity index (χ0v) is 12.4. The molecular formula is C16H30N2. The predicted molar refractivity (Wildman–Crippen MR) is 79.9 cm³/mol. The number of rotatable bonds is 10.